The lowest BCUT2D eigenvalue weighted by Gasteiger charge is -2.11. The van der Waals surface area contributed by atoms with Gasteiger partial charge in [-0.2, -0.15) is 4.57 Å². The third kappa shape index (κ3) is 11.9. The highest BCUT2D eigenvalue weighted by Crippen LogP contribution is 2.28. The second-order valence-electron chi connectivity index (χ2n) is 9.11. The molecular weight excluding hydrogens is 601 g/mol. The number of hydrogen-bond acceptors (Lipinski definition) is 6. The highest BCUT2D eigenvalue weighted by atomic mass is 127. The van der Waals surface area contributed by atoms with Crippen LogP contribution in [-0.4, -0.2) is 44.1 Å². The molecule has 0 bridgehead atoms. The summed E-state index contributed by atoms with van der Waals surface area (Å²) < 4.78 is 17.4. The third-order valence-electron chi connectivity index (χ3n) is 5.30. The Kier molecular flexibility index (Phi) is 15.0. The predicted octanol–water partition coefficient (Wildman–Crippen LogP) is 1.25. The van der Waals surface area contributed by atoms with Gasteiger partial charge in [0.2, 0.25) is 5.91 Å². The topological polar surface area (TPSA) is 98.0 Å². The Morgan fingerprint density at radius 3 is 2.55 bits per heavy atom. The fourth-order valence-electron chi connectivity index (χ4n) is 3.34. The zero-order valence-corrected chi connectivity index (χ0v) is 24.9. The van der Waals surface area contributed by atoms with Gasteiger partial charge < -0.3 is 48.4 Å². The molecule has 0 fully saturated rings. The minimum atomic E-state index is -0.917. The third-order valence-corrected chi connectivity index (χ3v) is 5.30. The molecule has 10 heteroatoms. The minimum Gasteiger partial charge on any atom is -1.00 e. The van der Waals surface area contributed by atoms with E-state index in [0.717, 1.165) is 24.8 Å². The number of halogens is 1. The average molecular weight is 640 g/mol. The zero-order valence-electron chi connectivity index (χ0n) is 22.7. The van der Waals surface area contributed by atoms with Gasteiger partial charge in [-0.1, -0.05) is 32.1 Å². The molecule has 0 unspecified atom stereocenters. The monoisotopic (exact) mass is 639 g/mol. The fourth-order valence-corrected chi connectivity index (χ4v) is 3.34. The molecule has 0 spiro atoms. The van der Waals surface area contributed by atoms with Crippen molar-refractivity contribution in [2.75, 3.05) is 21.2 Å². The van der Waals surface area contributed by atoms with Crippen molar-refractivity contribution in [3.05, 3.63) is 66.0 Å². The number of amides is 2. The van der Waals surface area contributed by atoms with E-state index in [-0.39, 0.29) is 48.3 Å². The molecule has 1 aromatic heterocycles. The molecule has 0 saturated carbocycles. The number of benzene rings is 1. The predicted molar refractivity (Wildman–Crippen MR) is 139 cm³/mol. The summed E-state index contributed by atoms with van der Waals surface area (Å²) in [5, 5.41) is 2.90. The van der Waals surface area contributed by atoms with Gasteiger partial charge in [0, 0.05) is 33.1 Å². The average Bonchev–Trinajstić information content (AvgIpc) is 2.88. The van der Waals surface area contributed by atoms with Gasteiger partial charge in [-0.05, 0) is 48.9 Å². The van der Waals surface area contributed by atoms with Gasteiger partial charge in [-0.15, -0.1) is 0 Å². The van der Waals surface area contributed by atoms with Crippen molar-refractivity contribution >= 4 is 18.0 Å². The Labute approximate surface area is 242 Å². The van der Waals surface area contributed by atoms with Crippen LogP contribution in [0.3, 0.4) is 0 Å². The van der Waals surface area contributed by atoms with Crippen LogP contribution in [0.15, 0.2) is 54.9 Å². The van der Waals surface area contributed by atoms with Gasteiger partial charge >= 0.3 is 6.16 Å². The van der Waals surface area contributed by atoms with E-state index >= 15 is 0 Å². The van der Waals surface area contributed by atoms with Gasteiger partial charge in [0.25, 0.3) is 12.6 Å². The number of allylic oxidation sites excluding steroid dienone is 2. The van der Waals surface area contributed by atoms with Crippen molar-refractivity contribution in [3.8, 4) is 11.5 Å². The maximum Gasteiger partial charge on any atom is 0.518 e. The van der Waals surface area contributed by atoms with Crippen LogP contribution in [0, 0.1) is 5.92 Å². The van der Waals surface area contributed by atoms with Crippen molar-refractivity contribution in [1.82, 2.24) is 10.2 Å². The van der Waals surface area contributed by atoms with Crippen molar-refractivity contribution in [2.24, 2.45) is 5.92 Å². The van der Waals surface area contributed by atoms with Crippen LogP contribution in [-0.2, 0) is 22.8 Å². The van der Waals surface area contributed by atoms with Gasteiger partial charge in [-0.3, -0.25) is 9.59 Å². The van der Waals surface area contributed by atoms with Crippen LogP contribution in [0.5, 0.6) is 11.5 Å². The van der Waals surface area contributed by atoms with Crippen molar-refractivity contribution in [1.29, 1.82) is 0 Å². The Bertz CT molecular complexity index is 1090. The molecule has 0 aliphatic heterocycles. The number of pyridine rings is 1. The first-order valence-electron chi connectivity index (χ1n) is 12.3. The molecule has 9 nitrogen and oxygen atoms in total. The van der Waals surface area contributed by atoms with E-state index in [1.807, 2.05) is 0 Å². The highest BCUT2D eigenvalue weighted by molar-refractivity contribution is 5.93. The first kappa shape index (κ1) is 32.9. The molecule has 0 atom stereocenters. The van der Waals surface area contributed by atoms with Crippen LogP contribution in [0.25, 0.3) is 0 Å². The van der Waals surface area contributed by atoms with Gasteiger partial charge in [-0.25, -0.2) is 4.79 Å². The molecule has 0 aliphatic rings. The number of rotatable bonds is 13. The lowest BCUT2D eigenvalue weighted by molar-refractivity contribution is -0.727. The smallest absolute Gasteiger partial charge is 0.518 e. The van der Waals surface area contributed by atoms with Crippen molar-refractivity contribution < 1.29 is 57.1 Å². The molecule has 0 aliphatic carbocycles. The van der Waals surface area contributed by atoms with E-state index in [1.165, 1.54) is 12.0 Å². The SMILES string of the molecule is COc1cc(CNC(=O)CCCCC=CC(C)C)ccc1OC(=O)OC[n+]1cccc(C(=O)N(C)C)c1.[I-]. The maximum atomic E-state index is 12.2. The summed E-state index contributed by atoms with van der Waals surface area (Å²) in [6, 6.07) is 8.40. The summed E-state index contributed by atoms with van der Waals surface area (Å²) >= 11 is 0. The number of carbonyl (C=O) groups is 3. The molecular formula is C28H38IN3O6. The molecule has 2 rings (SSSR count). The summed E-state index contributed by atoms with van der Waals surface area (Å²) in [6.45, 7) is 4.49. The van der Waals surface area contributed by atoms with E-state index in [1.54, 1.807) is 61.4 Å². The molecule has 1 heterocycles. The maximum absolute atomic E-state index is 12.2. The van der Waals surface area contributed by atoms with E-state index < -0.39 is 6.16 Å². The number of nitrogens with zero attached hydrogens (tertiary/aromatic N) is 2. The number of aromatic nitrogens is 1. The standard InChI is InChI=1S/C28H37N3O6.HI/c1-21(2)11-8-6-7-9-13-26(32)29-18-22-14-15-24(25(17-22)35-5)37-28(34)36-20-31-16-10-12-23(19-31)27(33)30(3)4;/h8,10-12,14-17,19,21H,6-7,9,13,18,20H2,1-5H3;1H. The molecule has 2 amide bonds. The Morgan fingerprint density at radius 2 is 1.87 bits per heavy atom. The summed E-state index contributed by atoms with van der Waals surface area (Å²) in [6.07, 6.45) is 9.95. The fraction of sp³-hybridized carbons (Fsp3) is 0.429. The van der Waals surface area contributed by atoms with Crippen LogP contribution < -0.4 is 43.3 Å². The highest BCUT2D eigenvalue weighted by Gasteiger charge is 2.16. The number of unbranched alkanes of at least 4 members (excludes halogenated alkanes) is 2. The van der Waals surface area contributed by atoms with Crippen LogP contribution in [0.2, 0.25) is 0 Å². The molecule has 38 heavy (non-hydrogen) atoms. The summed E-state index contributed by atoms with van der Waals surface area (Å²) in [7, 11) is 4.79. The summed E-state index contributed by atoms with van der Waals surface area (Å²) in [5.41, 5.74) is 1.27. The Morgan fingerprint density at radius 1 is 1.11 bits per heavy atom. The van der Waals surface area contributed by atoms with Crippen LogP contribution in [0.1, 0.15) is 55.5 Å². The van der Waals surface area contributed by atoms with Gasteiger partial charge in [0.05, 0.1) is 7.11 Å². The molecule has 208 valence electrons. The van der Waals surface area contributed by atoms with Crippen molar-refractivity contribution in [3.63, 3.8) is 0 Å². The number of carbonyl (C=O) groups excluding carboxylic acids is 3. The number of hydrogen-bond donors (Lipinski definition) is 1. The van der Waals surface area contributed by atoms with E-state index in [0.29, 0.717) is 30.2 Å². The van der Waals surface area contributed by atoms with Crippen molar-refractivity contribution in [2.45, 2.75) is 52.8 Å². The first-order chi connectivity index (χ1) is 17.7. The zero-order chi connectivity index (χ0) is 27.2. The second-order valence-corrected chi connectivity index (χ2v) is 9.11. The first-order valence-corrected chi connectivity index (χ1v) is 12.3. The van der Waals surface area contributed by atoms with E-state index in [2.05, 4.69) is 31.3 Å². The largest absolute Gasteiger partial charge is 1.00 e. The summed E-state index contributed by atoms with van der Waals surface area (Å²) in [5.74, 6) is 0.910. The molecule has 1 N–H and O–H groups in total. The van der Waals surface area contributed by atoms with Gasteiger partial charge in [0.1, 0.15) is 5.56 Å². The lowest BCUT2D eigenvalue weighted by Crippen LogP contribution is -3.00. The Balaban J connectivity index is 0.00000722. The van der Waals surface area contributed by atoms with Gasteiger partial charge in [0.15, 0.2) is 23.9 Å². The quantitative estimate of drug-likeness (QED) is 0.0886. The molecule has 0 radical (unpaired) electrons. The molecule has 1 aromatic carbocycles. The van der Waals surface area contributed by atoms with E-state index in [9.17, 15) is 14.4 Å². The minimum absolute atomic E-state index is 0. The number of ether oxygens (including phenoxy) is 3. The lowest BCUT2D eigenvalue weighted by atomic mass is 10.1. The number of nitrogens with one attached hydrogen (secondary N) is 1. The summed E-state index contributed by atoms with van der Waals surface area (Å²) in [4.78, 5) is 37.9. The second kappa shape index (κ2) is 17.4. The molecule has 0 saturated heterocycles. The molecule has 2 aromatic rings. The van der Waals surface area contributed by atoms with E-state index in [4.69, 9.17) is 14.2 Å². The Hall–Kier alpha value is -3.15. The normalized spacial score (nSPS) is 10.6. The number of methoxy groups -OCH3 is 1. The van der Waals surface area contributed by atoms with Crippen LogP contribution in [0.4, 0.5) is 4.79 Å². The van der Waals surface area contributed by atoms with Crippen LogP contribution >= 0.6 is 0 Å².